The van der Waals surface area contributed by atoms with Gasteiger partial charge in [0.05, 0.1) is 6.26 Å². The summed E-state index contributed by atoms with van der Waals surface area (Å²) in [4.78, 5) is 14.6. The maximum atomic E-state index is 12.1. The number of furan rings is 1. The number of carbonyl (C=O) groups excluding carboxylic acids is 1. The summed E-state index contributed by atoms with van der Waals surface area (Å²) in [6.45, 7) is 7.82. The van der Waals surface area contributed by atoms with Gasteiger partial charge in [-0.3, -0.25) is 4.79 Å². The summed E-state index contributed by atoms with van der Waals surface area (Å²) in [6.07, 6.45) is 10.8. The van der Waals surface area contributed by atoms with Gasteiger partial charge in [0, 0.05) is 23.1 Å². The second-order valence-electron chi connectivity index (χ2n) is 7.15. The van der Waals surface area contributed by atoms with Crippen molar-refractivity contribution in [1.29, 1.82) is 0 Å². The van der Waals surface area contributed by atoms with E-state index in [4.69, 9.17) is 4.42 Å². The average molecular weight is 354 g/mol. The lowest BCUT2D eigenvalue weighted by Crippen LogP contribution is -2.33. The van der Waals surface area contributed by atoms with E-state index in [2.05, 4.69) is 30.1 Å². The van der Waals surface area contributed by atoms with Crippen LogP contribution in [0.1, 0.15) is 57.4 Å². The Morgan fingerprint density at radius 3 is 2.81 bits per heavy atom. The first-order valence-electron chi connectivity index (χ1n) is 9.89. The van der Waals surface area contributed by atoms with E-state index in [1.54, 1.807) is 0 Å². The van der Waals surface area contributed by atoms with Crippen molar-refractivity contribution in [3.05, 3.63) is 42.2 Å². The first kappa shape index (κ1) is 18.7. The molecule has 140 valence electrons. The second kappa shape index (κ2) is 9.04. The summed E-state index contributed by atoms with van der Waals surface area (Å²) in [5, 5.41) is 4.14. The number of allylic oxidation sites excluding steroid dienone is 1. The van der Waals surface area contributed by atoms with Crippen molar-refractivity contribution in [2.45, 2.75) is 51.9 Å². The molecule has 1 aromatic heterocycles. The fourth-order valence-electron chi connectivity index (χ4n) is 3.80. The predicted molar refractivity (Wildman–Crippen MR) is 108 cm³/mol. The number of carbonyl (C=O) groups is 1. The molecule has 3 rings (SSSR count). The number of benzene rings is 1. The van der Waals surface area contributed by atoms with E-state index in [-0.39, 0.29) is 5.91 Å². The zero-order valence-corrected chi connectivity index (χ0v) is 16.0. The van der Waals surface area contributed by atoms with Crippen LogP contribution in [0.4, 0.5) is 5.69 Å². The Bertz CT molecular complexity index is 755. The van der Waals surface area contributed by atoms with Gasteiger partial charge in [0.15, 0.2) is 0 Å². The van der Waals surface area contributed by atoms with Crippen molar-refractivity contribution in [3.8, 4) is 0 Å². The van der Waals surface area contributed by atoms with E-state index in [1.807, 2.05) is 30.5 Å². The third-order valence-corrected chi connectivity index (χ3v) is 5.16. The molecule has 0 spiro atoms. The molecule has 1 aliphatic heterocycles. The number of hydrogen-bond donors (Lipinski definition) is 1. The van der Waals surface area contributed by atoms with E-state index >= 15 is 0 Å². The van der Waals surface area contributed by atoms with Crippen LogP contribution < -0.4 is 5.32 Å². The molecular formula is C22H30N2O2. The maximum Gasteiger partial charge on any atom is 0.228 e. The molecule has 1 fully saturated rings. The van der Waals surface area contributed by atoms with E-state index in [9.17, 15) is 4.79 Å². The Morgan fingerprint density at radius 2 is 2.08 bits per heavy atom. The van der Waals surface area contributed by atoms with Crippen molar-refractivity contribution in [2.24, 2.45) is 0 Å². The molecule has 0 saturated carbocycles. The van der Waals surface area contributed by atoms with Crippen LogP contribution in [0.2, 0.25) is 0 Å². The van der Waals surface area contributed by atoms with Gasteiger partial charge in [0.2, 0.25) is 5.91 Å². The molecule has 1 aromatic carbocycles. The molecule has 26 heavy (non-hydrogen) atoms. The minimum atomic E-state index is 0.0203. The first-order valence-corrected chi connectivity index (χ1v) is 9.89. The van der Waals surface area contributed by atoms with Gasteiger partial charge in [-0.05, 0) is 69.4 Å². The van der Waals surface area contributed by atoms with Crippen molar-refractivity contribution in [3.63, 3.8) is 0 Å². The lowest BCUT2D eigenvalue weighted by molar-refractivity contribution is -0.115. The smallest absolute Gasteiger partial charge is 0.228 e. The molecule has 2 aromatic rings. The number of nitrogens with one attached hydrogen (secondary N) is 1. The molecule has 4 nitrogen and oxygen atoms in total. The first-order chi connectivity index (χ1) is 12.7. The zero-order valence-electron chi connectivity index (χ0n) is 16.0. The largest absolute Gasteiger partial charge is 0.464 e. The number of rotatable bonds is 7. The standard InChI is InChI=1S/C22H30N2O2/c1-3-5-6-7-22(25)23-18-8-9-21-19(15-18)20(16-26-21)17-10-13-24(12-4-2)14-11-17/h5-6,8-9,15-17H,3-4,7,10-14H2,1-2H3,(H,23,25)/b6-5+. The highest BCUT2D eigenvalue weighted by atomic mass is 16.3. The van der Waals surface area contributed by atoms with Crippen LogP contribution in [-0.2, 0) is 4.79 Å². The molecule has 1 amide bonds. The van der Waals surface area contributed by atoms with Crippen LogP contribution in [0.3, 0.4) is 0 Å². The molecule has 1 aliphatic rings. The summed E-state index contributed by atoms with van der Waals surface area (Å²) < 4.78 is 5.78. The quantitative estimate of drug-likeness (QED) is 0.685. The number of nitrogens with zero attached hydrogens (tertiary/aromatic N) is 1. The fraction of sp³-hybridized carbons (Fsp3) is 0.500. The number of amides is 1. The minimum Gasteiger partial charge on any atom is -0.464 e. The predicted octanol–water partition coefficient (Wildman–Crippen LogP) is 5.32. The van der Waals surface area contributed by atoms with Gasteiger partial charge in [0.1, 0.15) is 5.58 Å². The number of fused-ring (bicyclic) bond motifs is 1. The molecule has 2 heterocycles. The fourth-order valence-corrected chi connectivity index (χ4v) is 3.80. The Morgan fingerprint density at radius 1 is 1.27 bits per heavy atom. The summed E-state index contributed by atoms with van der Waals surface area (Å²) in [6, 6.07) is 5.94. The van der Waals surface area contributed by atoms with E-state index in [0.29, 0.717) is 12.3 Å². The number of anilines is 1. The normalized spacial score (nSPS) is 16.5. The molecule has 4 heteroatoms. The molecule has 0 aliphatic carbocycles. The topological polar surface area (TPSA) is 45.5 Å². The van der Waals surface area contributed by atoms with Gasteiger partial charge in [-0.15, -0.1) is 0 Å². The van der Waals surface area contributed by atoms with Crippen molar-refractivity contribution in [2.75, 3.05) is 25.0 Å². The van der Waals surface area contributed by atoms with Crippen LogP contribution in [0.25, 0.3) is 11.0 Å². The van der Waals surface area contributed by atoms with Crippen LogP contribution in [-0.4, -0.2) is 30.4 Å². The van der Waals surface area contributed by atoms with E-state index < -0.39 is 0 Å². The second-order valence-corrected chi connectivity index (χ2v) is 7.15. The summed E-state index contributed by atoms with van der Waals surface area (Å²) >= 11 is 0. The van der Waals surface area contributed by atoms with Crippen molar-refractivity contribution in [1.82, 2.24) is 4.90 Å². The van der Waals surface area contributed by atoms with Gasteiger partial charge < -0.3 is 14.6 Å². The molecule has 0 unspecified atom stereocenters. The molecule has 0 atom stereocenters. The molecular weight excluding hydrogens is 324 g/mol. The van der Waals surface area contributed by atoms with Gasteiger partial charge in [0.25, 0.3) is 0 Å². The molecule has 1 saturated heterocycles. The van der Waals surface area contributed by atoms with Crippen LogP contribution in [0, 0.1) is 0 Å². The lowest BCUT2D eigenvalue weighted by atomic mass is 9.89. The van der Waals surface area contributed by atoms with Crippen LogP contribution in [0.15, 0.2) is 41.0 Å². The molecule has 0 bridgehead atoms. The van der Waals surface area contributed by atoms with Crippen LogP contribution >= 0.6 is 0 Å². The zero-order chi connectivity index (χ0) is 18.4. The highest BCUT2D eigenvalue weighted by Gasteiger charge is 2.23. The van der Waals surface area contributed by atoms with Crippen molar-refractivity contribution < 1.29 is 9.21 Å². The lowest BCUT2D eigenvalue weighted by Gasteiger charge is -2.31. The third-order valence-electron chi connectivity index (χ3n) is 5.16. The van der Waals surface area contributed by atoms with Gasteiger partial charge in [-0.2, -0.15) is 0 Å². The monoisotopic (exact) mass is 354 g/mol. The van der Waals surface area contributed by atoms with Gasteiger partial charge in [-0.25, -0.2) is 0 Å². The van der Waals surface area contributed by atoms with E-state index in [1.165, 1.54) is 31.4 Å². The average Bonchev–Trinajstić information content (AvgIpc) is 3.06. The maximum absolute atomic E-state index is 12.1. The third kappa shape index (κ3) is 4.55. The summed E-state index contributed by atoms with van der Waals surface area (Å²) in [5.74, 6) is 0.565. The number of likely N-dealkylation sites (tertiary alicyclic amines) is 1. The Hall–Kier alpha value is -2.07. The summed E-state index contributed by atoms with van der Waals surface area (Å²) in [7, 11) is 0. The SMILES string of the molecule is CC/C=C/CC(=O)Nc1ccc2occ(C3CCN(CCC)CC3)c2c1. The highest BCUT2D eigenvalue weighted by molar-refractivity contribution is 5.94. The van der Waals surface area contributed by atoms with Crippen LogP contribution in [0.5, 0.6) is 0 Å². The van der Waals surface area contributed by atoms with E-state index in [0.717, 1.165) is 36.2 Å². The van der Waals surface area contributed by atoms with Crippen molar-refractivity contribution >= 4 is 22.6 Å². The number of piperidine rings is 1. The Balaban J connectivity index is 1.70. The van der Waals surface area contributed by atoms with Gasteiger partial charge in [-0.1, -0.05) is 26.0 Å². The Kier molecular flexibility index (Phi) is 6.51. The minimum absolute atomic E-state index is 0.0203. The molecule has 0 radical (unpaired) electrons. The summed E-state index contributed by atoms with van der Waals surface area (Å²) in [5.41, 5.74) is 3.04. The van der Waals surface area contributed by atoms with Gasteiger partial charge >= 0.3 is 0 Å². The molecule has 1 N–H and O–H groups in total. The Labute approximate surface area is 156 Å². The number of hydrogen-bond acceptors (Lipinski definition) is 3. The highest BCUT2D eigenvalue weighted by Crippen LogP contribution is 2.35.